The monoisotopic (exact) mass is 552 g/mol. The number of anilines is 1. The van der Waals surface area contributed by atoms with Gasteiger partial charge in [0.05, 0.1) is 18.1 Å². The maximum atomic E-state index is 14.6. The smallest absolute Gasteiger partial charge is 0.312 e. The number of rotatable bonds is 14. The Kier molecular flexibility index (Phi) is 9.20. The second kappa shape index (κ2) is 12.3. The van der Waals surface area contributed by atoms with E-state index in [0.717, 1.165) is 29.7 Å². The van der Waals surface area contributed by atoms with Gasteiger partial charge in [-0.05, 0) is 82.9 Å². The quantitative estimate of drug-likeness (QED) is 0.211. The van der Waals surface area contributed by atoms with Crippen molar-refractivity contribution in [3.63, 3.8) is 0 Å². The third-order valence-corrected chi connectivity index (χ3v) is 8.85. The Balaban J connectivity index is 1.73. The Morgan fingerprint density at radius 2 is 1.95 bits per heavy atom. The van der Waals surface area contributed by atoms with Gasteiger partial charge in [-0.3, -0.25) is 14.4 Å². The summed E-state index contributed by atoms with van der Waals surface area (Å²) in [7, 11) is 0. The Morgan fingerprint density at radius 1 is 1.18 bits per heavy atom. The van der Waals surface area contributed by atoms with Crippen molar-refractivity contribution in [1.82, 2.24) is 4.90 Å². The largest absolute Gasteiger partial charge is 0.465 e. The van der Waals surface area contributed by atoms with Gasteiger partial charge in [0.15, 0.2) is 0 Å². The number of allylic oxidation sites excluding steroid dienone is 1. The fourth-order valence-corrected chi connectivity index (χ4v) is 6.96. The third kappa shape index (κ3) is 5.23. The molecule has 40 heavy (non-hydrogen) atoms. The Hall–Kier alpha value is -2.97. The molecule has 4 rings (SSSR count). The molecule has 1 aromatic carbocycles. The van der Waals surface area contributed by atoms with Crippen LogP contribution in [0.3, 0.4) is 0 Å². The molecular formula is C32H44N2O6. The number of aryl methyl sites for hydroxylation is 2. The first-order chi connectivity index (χ1) is 19.1. The van der Waals surface area contributed by atoms with Crippen LogP contribution in [-0.4, -0.2) is 71.3 Å². The molecule has 8 nitrogen and oxygen atoms in total. The Labute approximate surface area is 238 Å². The van der Waals surface area contributed by atoms with Crippen molar-refractivity contribution in [2.24, 2.45) is 11.8 Å². The van der Waals surface area contributed by atoms with E-state index in [1.165, 1.54) is 0 Å². The lowest BCUT2D eigenvalue weighted by molar-refractivity contribution is -0.159. The van der Waals surface area contributed by atoms with Gasteiger partial charge >= 0.3 is 5.97 Å². The topological polar surface area (TPSA) is 96.4 Å². The van der Waals surface area contributed by atoms with Crippen molar-refractivity contribution in [3.8, 4) is 0 Å². The molecule has 3 fully saturated rings. The molecular weight excluding hydrogens is 508 g/mol. The van der Waals surface area contributed by atoms with E-state index in [1.54, 1.807) is 22.0 Å². The molecule has 2 amide bonds. The first-order valence-corrected chi connectivity index (χ1v) is 14.5. The van der Waals surface area contributed by atoms with Gasteiger partial charge in [0, 0.05) is 25.4 Å². The van der Waals surface area contributed by atoms with Crippen LogP contribution in [0, 0.1) is 25.7 Å². The molecule has 218 valence electrons. The summed E-state index contributed by atoms with van der Waals surface area (Å²) in [6.07, 6.45) is 7.91. The lowest BCUT2D eigenvalue weighted by Gasteiger charge is -2.37. The van der Waals surface area contributed by atoms with Crippen LogP contribution in [0.15, 0.2) is 43.5 Å². The number of hydrogen-bond donors (Lipinski definition) is 1. The van der Waals surface area contributed by atoms with E-state index in [0.29, 0.717) is 38.6 Å². The zero-order valence-corrected chi connectivity index (χ0v) is 24.2. The van der Waals surface area contributed by atoms with E-state index in [4.69, 9.17) is 9.47 Å². The number of carbonyl (C=O) groups excluding carboxylic acids is 3. The van der Waals surface area contributed by atoms with Crippen LogP contribution in [-0.2, 0) is 23.9 Å². The minimum Gasteiger partial charge on any atom is -0.465 e. The van der Waals surface area contributed by atoms with E-state index < -0.39 is 35.0 Å². The second-order valence-corrected chi connectivity index (χ2v) is 11.7. The fourth-order valence-electron chi connectivity index (χ4n) is 6.96. The number of aliphatic hydroxyl groups excluding tert-OH is 1. The number of nitrogens with zero attached hydrogens (tertiary/aromatic N) is 2. The van der Waals surface area contributed by atoms with Crippen LogP contribution >= 0.6 is 0 Å². The molecule has 2 unspecified atom stereocenters. The zero-order chi connectivity index (χ0) is 29.1. The van der Waals surface area contributed by atoms with E-state index in [2.05, 4.69) is 13.2 Å². The van der Waals surface area contributed by atoms with Crippen molar-refractivity contribution in [1.29, 1.82) is 0 Å². The van der Waals surface area contributed by atoms with Gasteiger partial charge in [0.2, 0.25) is 5.91 Å². The van der Waals surface area contributed by atoms with E-state index >= 15 is 0 Å². The van der Waals surface area contributed by atoms with Crippen LogP contribution in [0.4, 0.5) is 5.69 Å². The molecule has 3 aliphatic heterocycles. The molecule has 3 saturated heterocycles. The predicted octanol–water partition coefficient (Wildman–Crippen LogP) is 4.26. The number of amides is 2. The van der Waals surface area contributed by atoms with E-state index in [-0.39, 0.29) is 31.6 Å². The van der Waals surface area contributed by atoms with Gasteiger partial charge in [-0.25, -0.2) is 0 Å². The maximum Gasteiger partial charge on any atom is 0.312 e. The number of carbonyl (C=O) groups is 3. The van der Waals surface area contributed by atoms with Gasteiger partial charge in [-0.15, -0.1) is 13.2 Å². The molecule has 1 aromatic rings. The third-order valence-electron chi connectivity index (χ3n) is 8.85. The summed E-state index contributed by atoms with van der Waals surface area (Å²) in [4.78, 5) is 45.7. The molecule has 3 aliphatic rings. The van der Waals surface area contributed by atoms with E-state index in [9.17, 15) is 19.5 Å². The Bertz CT molecular complexity index is 1150. The van der Waals surface area contributed by atoms with Crippen molar-refractivity contribution < 1.29 is 29.0 Å². The molecule has 5 atom stereocenters. The number of aliphatic hydroxyl groups is 1. The SMILES string of the molecule is C=CCCCOC(=O)[C@@H]1[C@H]2C(=O)N(CCCCCO)C(C(=O)N(CC=C)c3cc(C)ccc3C)C23CC[C@@]1(C)O3. The highest BCUT2D eigenvalue weighted by molar-refractivity contribution is 6.05. The Morgan fingerprint density at radius 3 is 2.65 bits per heavy atom. The van der Waals surface area contributed by atoms with Crippen molar-refractivity contribution in [2.45, 2.75) is 83.0 Å². The lowest BCUT2D eigenvalue weighted by atomic mass is 9.66. The minimum absolute atomic E-state index is 0.0733. The molecule has 0 aromatic heterocycles. The summed E-state index contributed by atoms with van der Waals surface area (Å²) in [5.41, 5.74) is 0.751. The number of fused-ring (bicyclic) bond motifs is 1. The van der Waals surface area contributed by atoms with Crippen molar-refractivity contribution in [2.75, 3.05) is 31.2 Å². The normalized spacial score (nSPS) is 28.4. The predicted molar refractivity (Wildman–Crippen MR) is 154 cm³/mol. The molecule has 0 saturated carbocycles. The summed E-state index contributed by atoms with van der Waals surface area (Å²) in [6, 6.07) is 5.09. The highest BCUT2D eigenvalue weighted by Gasteiger charge is 2.78. The summed E-state index contributed by atoms with van der Waals surface area (Å²) >= 11 is 0. The van der Waals surface area contributed by atoms with Crippen molar-refractivity contribution >= 4 is 23.5 Å². The molecule has 1 spiro atoms. The molecule has 0 radical (unpaired) electrons. The molecule has 3 heterocycles. The maximum absolute atomic E-state index is 14.6. The number of esters is 1. The van der Waals surface area contributed by atoms with Crippen LogP contribution in [0.5, 0.6) is 0 Å². The highest BCUT2D eigenvalue weighted by Crippen LogP contribution is 2.63. The molecule has 2 bridgehead atoms. The lowest BCUT2D eigenvalue weighted by Crippen LogP contribution is -2.56. The summed E-state index contributed by atoms with van der Waals surface area (Å²) < 4.78 is 12.4. The zero-order valence-electron chi connectivity index (χ0n) is 24.2. The average molecular weight is 553 g/mol. The number of ether oxygens (including phenoxy) is 2. The number of likely N-dealkylation sites (tertiary alicyclic amines) is 1. The standard InChI is InChI=1S/C32H44N2O6/c1-6-8-12-20-39-30(38)26-25-28(36)34(18-10-9-11-19-35)27(32(25)16-15-31(26,5)40-32)29(37)33(17-7-2)24-21-22(3)13-14-23(24)4/h6-7,13-14,21,25-27,35H,1-2,8-12,15-20H2,3-5H3/t25-,26-,27?,31+,32?/m0/s1. The average Bonchev–Trinajstić information content (AvgIpc) is 3.49. The van der Waals surface area contributed by atoms with Crippen LogP contribution < -0.4 is 4.90 Å². The fraction of sp³-hybridized carbons (Fsp3) is 0.594. The van der Waals surface area contributed by atoms with Gasteiger partial charge in [-0.1, -0.05) is 24.3 Å². The van der Waals surface area contributed by atoms with Gasteiger partial charge < -0.3 is 24.4 Å². The molecule has 0 aliphatic carbocycles. The molecule has 1 N–H and O–H groups in total. The number of unbranched alkanes of at least 4 members (excludes halogenated alkanes) is 3. The van der Waals surface area contributed by atoms with Crippen LogP contribution in [0.2, 0.25) is 0 Å². The first kappa shape index (κ1) is 30.0. The van der Waals surface area contributed by atoms with Crippen LogP contribution in [0.1, 0.15) is 63.0 Å². The molecule has 8 heteroatoms. The summed E-state index contributed by atoms with van der Waals surface area (Å²) in [5, 5.41) is 9.27. The highest BCUT2D eigenvalue weighted by atomic mass is 16.6. The second-order valence-electron chi connectivity index (χ2n) is 11.7. The number of hydrogen-bond acceptors (Lipinski definition) is 6. The summed E-state index contributed by atoms with van der Waals surface area (Å²) in [6.45, 7) is 14.4. The van der Waals surface area contributed by atoms with Crippen molar-refractivity contribution in [3.05, 3.63) is 54.6 Å². The van der Waals surface area contributed by atoms with Gasteiger partial charge in [0.25, 0.3) is 5.91 Å². The van der Waals surface area contributed by atoms with Crippen LogP contribution in [0.25, 0.3) is 0 Å². The number of benzene rings is 1. The minimum atomic E-state index is -1.11. The van der Waals surface area contributed by atoms with E-state index in [1.807, 2.05) is 39.0 Å². The van der Waals surface area contributed by atoms with Gasteiger partial charge in [0.1, 0.15) is 17.6 Å². The first-order valence-electron chi connectivity index (χ1n) is 14.5. The van der Waals surface area contributed by atoms with Gasteiger partial charge in [-0.2, -0.15) is 0 Å². The summed E-state index contributed by atoms with van der Waals surface area (Å²) in [5.74, 6) is -2.44.